The lowest BCUT2D eigenvalue weighted by molar-refractivity contribution is 0.352. The van der Waals surface area contributed by atoms with Crippen LogP contribution in [0.15, 0.2) is 35.3 Å². The van der Waals surface area contributed by atoms with Gasteiger partial charge in [0.05, 0.1) is 10.5 Å². The molecule has 5 nitrogen and oxygen atoms in total. The summed E-state index contributed by atoms with van der Waals surface area (Å²) >= 11 is 0. The van der Waals surface area contributed by atoms with E-state index in [1.54, 1.807) is 20.9 Å². The van der Waals surface area contributed by atoms with Gasteiger partial charge in [-0.15, -0.1) is 0 Å². The van der Waals surface area contributed by atoms with Crippen molar-refractivity contribution in [1.82, 2.24) is 10.2 Å². The molecule has 0 spiro atoms. The van der Waals surface area contributed by atoms with Crippen molar-refractivity contribution in [2.24, 2.45) is 4.99 Å². The second kappa shape index (κ2) is 7.55. The van der Waals surface area contributed by atoms with Crippen LogP contribution in [0.4, 0.5) is 0 Å². The van der Waals surface area contributed by atoms with Gasteiger partial charge >= 0.3 is 0 Å². The predicted molar refractivity (Wildman–Crippen MR) is 100 cm³/mol. The molecule has 1 heterocycles. The highest BCUT2D eigenvalue weighted by Crippen LogP contribution is 2.24. The number of rotatable bonds is 4. The van der Waals surface area contributed by atoms with Crippen LogP contribution in [-0.2, 0) is 9.84 Å². The molecule has 0 saturated carbocycles. The number of nitrogens with zero attached hydrogens (tertiary/aromatic N) is 2. The molecule has 24 heavy (non-hydrogen) atoms. The fraction of sp³-hybridized carbons (Fsp3) is 0.611. The molecule has 0 radical (unpaired) electrons. The smallest absolute Gasteiger partial charge is 0.193 e. The van der Waals surface area contributed by atoms with Crippen LogP contribution in [0.25, 0.3) is 0 Å². The van der Waals surface area contributed by atoms with Gasteiger partial charge in [0.25, 0.3) is 0 Å². The number of hydrogen-bond acceptors (Lipinski definition) is 3. The van der Waals surface area contributed by atoms with Gasteiger partial charge in [-0.3, -0.25) is 4.99 Å². The average molecular weight is 352 g/mol. The second-order valence-electron chi connectivity index (χ2n) is 6.94. The lowest BCUT2D eigenvalue weighted by Gasteiger charge is -2.39. The predicted octanol–water partition coefficient (Wildman–Crippen LogP) is 2.26. The third-order valence-electron chi connectivity index (χ3n) is 4.83. The Kier molecular flexibility index (Phi) is 5.91. The van der Waals surface area contributed by atoms with E-state index < -0.39 is 14.6 Å². The summed E-state index contributed by atoms with van der Waals surface area (Å²) < 4.78 is 23.6. The van der Waals surface area contributed by atoms with Crippen LogP contribution in [-0.4, -0.2) is 56.5 Å². The number of guanidine groups is 1. The Labute approximate surface area is 146 Å². The molecule has 1 saturated heterocycles. The first-order valence-corrected chi connectivity index (χ1v) is 10.2. The largest absolute Gasteiger partial charge is 0.356 e. The third-order valence-corrected chi connectivity index (χ3v) is 7.36. The molecule has 134 valence electrons. The summed E-state index contributed by atoms with van der Waals surface area (Å²) in [5.74, 6) is 1.37. The summed E-state index contributed by atoms with van der Waals surface area (Å²) in [5.41, 5.74) is 1.31. The monoisotopic (exact) mass is 351 g/mol. The van der Waals surface area contributed by atoms with Gasteiger partial charge in [-0.25, -0.2) is 8.42 Å². The van der Waals surface area contributed by atoms with Crippen molar-refractivity contribution in [1.29, 1.82) is 0 Å². The lowest BCUT2D eigenvalue weighted by atomic mass is 9.96. The maximum absolute atomic E-state index is 12.2. The first kappa shape index (κ1) is 18.8. The summed E-state index contributed by atoms with van der Waals surface area (Å²) in [5, 5.41) is 3.43. The Hall–Kier alpha value is -1.56. The molecule has 0 bridgehead atoms. The van der Waals surface area contributed by atoms with Crippen LogP contribution in [0.5, 0.6) is 0 Å². The number of sulfone groups is 1. The summed E-state index contributed by atoms with van der Waals surface area (Å²) in [6.45, 7) is 7.52. The Balaban J connectivity index is 2.03. The minimum absolute atomic E-state index is 0.177. The van der Waals surface area contributed by atoms with Crippen molar-refractivity contribution in [3.8, 4) is 0 Å². The maximum Gasteiger partial charge on any atom is 0.193 e. The van der Waals surface area contributed by atoms with E-state index in [0.717, 1.165) is 18.9 Å². The van der Waals surface area contributed by atoms with Crippen LogP contribution in [0.3, 0.4) is 0 Å². The van der Waals surface area contributed by atoms with Crippen molar-refractivity contribution in [3.05, 3.63) is 35.9 Å². The minimum atomic E-state index is -3.04. The highest BCUT2D eigenvalue weighted by Gasteiger charge is 2.40. The number of aliphatic imine (C=N–C) groups is 1. The van der Waals surface area contributed by atoms with Crippen molar-refractivity contribution < 1.29 is 8.42 Å². The first-order chi connectivity index (χ1) is 11.3. The fourth-order valence-corrected chi connectivity index (χ4v) is 4.46. The second-order valence-corrected chi connectivity index (χ2v) is 9.69. The standard InChI is InChI=1S/C18H29N3O2S/c1-5-15(16-9-7-6-8-10-16)13-20-17(19-4)21-11-12-24(22,23)18(2,3)14-21/h6-10,15H,5,11-14H2,1-4H3,(H,19,20). The Morgan fingerprint density at radius 3 is 2.54 bits per heavy atom. The lowest BCUT2D eigenvalue weighted by Crippen LogP contribution is -2.57. The van der Waals surface area contributed by atoms with E-state index in [1.807, 2.05) is 6.07 Å². The van der Waals surface area contributed by atoms with Crippen molar-refractivity contribution >= 4 is 15.8 Å². The fourth-order valence-electron chi connectivity index (χ4n) is 3.09. The highest BCUT2D eigenvalue weighted by atomic mass is 32.2. The average Bonchev–Trinajstić information content (AvgIpc) is 2.55. The molecule has 2 rings (SSSR count). The normalized spacial score (nSPS) is 21.3. The van der Waals surface area contributed by atoms with Gasteiger partial charge in [-0.05, 0) is 25.8 Å². The highest BCUT2D eigenvalue weighted by molar-refractivity contribution is 7.92. The Morgan fingerprint density at radius 2 is 2.00 bits per heavy atom. The number of nitrogens with one attached hydrogen (secondary N) is 1. The van der Waals surface area contributed by atoms with E-state index >= 15 is 0 Å². The van der Waals surface area contributed by atoms with Gasteiger partial charge in [-0.2, -0.15) is 0 Å². The van der Waals surface area contributed by atoms with Crippen LogP contribution in [0, 0.1) is 0 Å². The molecule has 1 aliphatic heterocycles. The molecule has 0 aromatic heterocycles. The topological polar surface area (TPSA) is 61.8 Å². The molecule has 1 fully saturated rings. The molecule has 1 aliphatic rings. The summed E-state index contributed by atoms with van der Waals surface area (Å²) in [6.07, 6.45) is 1.04. The van der Waals surface area contributed by atoms with Gasteiger partial charge in [-0.1, -0.05) is 37.3 Å². The zero-order valence-electron chi connectivity index (χ0n) is 15.1. The zero-order valence-corrected chi connectivity index (χ0v) is 15.9. The van der Waals surface area contributed by atoms with E-state index in [1.165, 1.54) is 5.56 Å². The molecule has 1 aromatic carbocycles. The Bertz CT molecular complexity index is 669. The quantitative estimate of drug-likeness (QED) is 0.668. The van der Waals surface area contributed by atoms with E-state index in [0.29, 0.717) is 19.0 Å². The first-order valence-electron chi connectivity index (χ1n) is 8.53. The summed E-state index contributed by atoms with van der Waals surface area (Å²) in [6, 6.07) is 10.4. The van der Waals surface area contributed by atoms with E-state index in [4.69, 9.17) is 0 Å². The molecule has 6 heteroatoms. The van der Waals surface area contributed by atoms with E-state index in [-0.39, 0.29) is 5.75 Å². The molecule has 1 unspecified atom stereocenters. The third kappa shape index (κ3) is 4.09. The summed E-state index contributed by atoms with van der Waals surface area (Å²) in [7, 11) is -1.29. The van der Waals surface area contributed by atoms with Crippen LogP contribution >= 0.6 is 0 Å². The van der Waals surface area contributed by atoms with Crippen molar-refractivity contribution in [2.75, 3.05) is 32.4 Å². The zero-order chi connectivity index (χ0) is 17.8. The van der Waals surface area contributed by atoms with Gasteiger partial charge in [0.1, 0.15) is 0 Å². The van der Waals surface area contributed by atoms with Crippen LogP contribution in [0.1, 0.15) is 38.7 Å². The number of benzene rings is 1. The van der Waals surface area contributed by atoms with Gasteiger partial charge in [0.2, 0.25) is 0 Å². The SMILES string of the molecule is CCC(CNC(=NC)N1CCS(=O)(=O)C(C)(C)C1)c1ccccc1. The van der Waals surface area contributed by atoms with Gasteiger partial charge in [0, 0.05) is 32.6 Å². The van der Waals surface area contributed by atoms with E-state index in [2.05, 4.69) is 46.4 Å². The van der Waals surface area contributed by atoms with Crippen molar-refractivity contribution in [3.63, 3.8) is 0 Å². The Morgan fingerprint density at radius 1 is 1.33 bits per heavy atom. The van der Waals surface area contributed by atoms with E-state index in [9.17, 15) is 8.42 Å². The minimum Gasteiger partial charge on any atom is -0.356 e. The van der Waals surface area contributed by atoms with Crippen LogP contribution < -0.4 is 5.32 Å². The molecule has 1 aromatic rings. The molecular formula is C18H29N3O2S. The van der Waals surface area contributed by atoms with Gasteiger partial charge < -0.3 is 10.2 Å². The molecule has 1 atom stereocenters. The van der Waals surface area contributed by atoms with Gasteiger partial charge in [0.15, 0.2) is 15.8 Å². The van der Waals surface area contributed by atoms with Crippen molar-refractivity contribution in [2.45, 2.75) is 37.9 Å². The molecule has 1 N–H and O–H groups in total. The molecular weight excluding hydrogens is 322 g/mol. The summed E-state index contributed by atoms with van der Waals surface area (Å²) in [4.78, 5) is 6.42. The molecule has 0 aliphatic carbocycles. The maximum atomic E-state index is 12.2. The molecule has 0 amide bonds. The number of hydrogen-bond donors (Lipinski definition) is 1. The van der Waals surface area contributed by atoms with Crippen LogP contribution in [0.2, 0.25) is 0 Å².